The first-order chi connectivity index (χ1) is 13.0. The first kappa shape index (κ1) is 18.5. The highest BCUT2D eigenvalue weighted by Gasteiger charge is 2.30. The van der Waals surface area contributed by atoms with Crippen molar-refractivity contribution < 1.29 is 19.2 Å². The quantitative estimate of drug-likeness (QED) is 0.640. The van der Waals surface area contributed by atoms with Crippen molar-refractivity contribution in [3.63, 3.8) is 0 Å². The molecule has 0 unspecified atom stereocenters. The van der Waals surface area contributed by atoms with Crippen LogP contribution in [0.3, 0.4) is 0 Å². The van der Waals surface area contributed by atoms with Gasteiger partial charge < -0.3 is 19.7 Å². The molecule has 0 radical (unpaired) electrons. The van der Waals surface area contributed by atoms with Crippen molar-refractivity contribution >= 4 is 17.5 Å². The predicted molar refractivity (Wildman–Crippen MR) is 99.9 cm³/mol. The van der Waals surface area contributed by atoms with E-state index in [1.807, 2.05) is 30.3 Å². The van der Waals surface area contributed by atoms with E-state index in [-0.39, 0.29) is 12.2 Å². The largest absolute Gasteiger partial charge is 0.497 e. The zero-order valence-electron chi connectivity index (χ0n) is 15.2. The van der Waals surface area contributed by atoms with E-state index >= 15 is 0 Å². The highest BCUT2D eigenvalue weighted by Crippen LogP contribution is 2.35. The van der Waals surface area contributed by atoms with Gasteiger partial charge in [-0.1, -0.05) is 18.2 Å². The number of rotatable bonds is 5. The molecule has 1 amide bonds. The minimum absolute atomic E-state index is 0.00890. The Morgan fingerprint density at radius 2 is 1.96 bits per heavy atom. The maximum absolute atomic E-state index is 11.8. The molecule has 0 atom stereocenters. The fourth-order valence-electron chi connectivity index (χ4n) is 3.19. The summed E-state index contributed by atoms with van der Waals surface area (Å²) in [6.07, 6.45) is 0.0795. The predicted octanol–water partition coefficient (Wildman–Crippen LogP) is 3.34. The number of methoxy groups -OCH3 is 2. The molecule has 8 nitrogen and oxygen atoms in total. The summed E-state index contributed by atoms with van der Waals surface area (Å²) in [6, 6.07) is 11.1. The minimum Gasteiger partial charge on any atom is -0.497 e. The van der Waals surface area contributed by atoms with Gasteiger partial charge in [0.15, 0.2) is 0 Å². The van der Waals surface area contributed by atoms with Gasteiger partial charge in [0.2, 0.25) is 0 Å². The Morgan fingerprint density at radius 3 is 2.59 bits per heavy atom. The van der Waals surface area contributed by atoms with E-state index in [0.29, 0.717) is 30.8 Å². The average molecular weight is 371 g/mol. The lowest BCUT2D eigenvalue weighted by molar-refractivity contribution is -0.384. The third-order valence-electron chi connectivity index (χ3n) is 4.64. The van der Waals surface area contributed by atoms with Gasteiger partial charge in [-0.2, -0.15) is 0 Å². The monoisotopic (exact) mass is 371 g/mol. The third kappa shape index (κ3) is 3.94. The van der Waals surface area contributed by atoms with E-state index < -0.39 is 11.0 Å². The smallest absolute Gasteiger partial charge is 0.409 e. The zero-order chi connectivity index (χ0) is 19.4. The SMILES string of the molecule is COC(=O)N1CCc2ccc(NCc3ccc(OC)cc3)c([N+](=O)[O-])c2C1. The van der Waals surface area contributed by atoms with Crippen LogP contribution >= 0.6 is 0 Å². The van der Waals surface area contributed by atoms with E-state index in [2.05, 4.69) is 5.32 Å². The molecule has 0 aliphatic carbocycles. The van der Waals surface area contributed by atoms with Crippen LogP contribution in [-0.4, -0.2) is 36.7 Å². The molecule has 142 valence electrons. The average Bonchev–Trinajstić information content (AvgIpc) is 2.70. The Hall–Kier alpha value is -3.29. The molecule has 0 saturated carbocycles. The van der Waals surface area contributed by atoms with Gasteiger partial charge in [-0.25, -0.2) is 4.79 Å². The molecule has 1 heterocycles. The molecule has 0 fully saturated rings. The summed E-state index contributed by atoms with van der Waals surface area (Å²) in [5.41, 5.74) is 2.85. The Morgan fingerprint density at radius 1 is 1.22 bits per heavy atom. The molecule has 0 aromatic heterocycles. The summed E-state index contributed by atoms with van der Waals surface area (Å²) in [7, 11) is 2.90. The molecule has 2 aromatic rings. The summed E-state index contributed by atoms with van der Waals surface area (Å²) >= 11 is 0. The number of nitrogens with one attached hydrogen (secondary N) is 1. The van der Waals surface area contributed by atoms with Crippen LogP contribution in [0.4, 0.5) is 16.2 Å². The summed E-state index contributed by atoms with van der Waals surface area (Å²) in [5, 5.41) is 14.9. The van der Waals surface area contributed by atoms with E-state index in [9.17, 15) is 14.9 Å². The van der Waals surface area contributed by atoms with E-state index in [1.165, 1.54) is 12.0 Å². The maximum Gasteiger partial charge on any atom is 0.409 e. The van der Waals surface area contributed by atoms with Crippen molar-refractivity contribution in [2.75, 3.05) is 26.1 Å². The number of carbonyl (C=O) groups is 1. The second kappa shape index (κ2) is 7.94. The number of fused-ring (bicyclic) bond motifs is 1. The number of hydrogen-bond donors (Lipinski definition) is 1. The van der Waals surface area contributed by atoms with Crippen molar-refractivity contribution in [1.29, 1.82) is 0 Å². The summed E-state index contributed by atoms with van der Waals surface area (Å²) < 4.78 is 9.88. The molecule has 1 aliphatic rings. The normalized spacial score (nSPS) is 12.9. The van der Waals surface area contributed by atoms with Gasteiger partial charge in [0.05, 0.1) is 31.3 Å². The van der Waals surface area contributed by atoms with Crippen LogP contribution in [0.5, 0.6) is 5.75 Å². The van der Waals surface area contributed by atoms with Gasteiger partial charge in [0, 0.05) is 13.1 Å². The first-order valence-corrected chi connectivity index (χ1v) is 8.52. The summed E-state index contributed by atoms with van der Waals surface area (Å²) in [5.74, 6) is 0.751. The van der Waals surface area contributed by atoms with Crippen LogP contribution in [0.25, 0.3) is 0 Å². The fourth-order valence-corrected chi connectivity index (χ4v) is 3.19. The lowest BCUT2D eigenvalue weighted by Gasteiger charge is -2.27. The number of carbonyl (C=O) groups excluding carboxylic acids is 1. The Labute approximate surface area is 156 Å². The van der Waals surface area contributed by atoms with Crippen LogP contribution in [-0.2, 0) is 24.2 Å². The summed E-state index contributed by atoms with van der Waals surface area (Å²) in [6.45, 7) is 1.08. The number of ether oxygens (including phenoxy) is 2. The van der Waals surface area contributed by atoms with Crippen LogP contribution in [0.2, 0.25) is 0 Å². The zero-order valence-corrected chi connectivity index (χ0v) is 15.2. The fraction of sp³-hybridized carbons (Fsp3) is 0.316. The molecule has 1 N–H and O–H groups in total. The van der Waals surface area contributed by atoms with Crippen LogP contribution in [0.1, 0.15) is 16.7 Å². The van der Waals surface area contributed by atoms with Gasteiger partial charge in [-0.3, -0.25) is 10.1 Å². The van der Waals surface area contributed by atoms with Crippen molar-refractivity contribution in [3.8, 4) is 5.75 Å². The number of amides is 1. The number of nitro benzene ring substituents is 1. The van der Waals surface area contributed by atoms with Crippen LogP contribution < -0.4 is 10.1 Å². The topological polar surface area (TPSA) is 93.9 Å². The second-order valence-corrected chi connectivity index (χ2v) is 6.20. The highest BCUT2D eigenvalue weighted by molar-refractivity contribution is 5.72. The molecular weight excluding hydrogens is 350 g/mol. The summed E-state index contributed by atoms with van der Waals surface area (Å²) in [4.78, 5) is 24.6. The molecule has 0 bridgehead atoms. The molecule has 1 aliphatic heterocycles. The molecular formula is C19H21N3O5. The Kier molecular flexibility index (Phi) is 5.44. The molecule has 0 saturated heterocycles. The molecule has 0 spiro atoms. The van der Waals surface area contributed by atoms with Crippen LogP contribution in [0, 0.1) is 10.1 Å². The second-order valence-electron chi connectivity index (χ2n) is 6.20. The van der Waals surface area contributed by atoms with Gasteiger partial charge in [0.1, 0.15) is 11.4 Å². The van der Waals surface area contributed by atoms with Gasteiger partial charge >= 0.3 is 6.09 Å². The van der Waals surface area contributed by atoms with Gasteiger partial charge in [-0.05, 0) is 35.7 Å². The first-order valence-electron chi connectivity index (χ1n) is 8.52. The third-order valence-corrected chi connectivity index (χ3v) is 4.64. The van der Waals surface area contributed by atoms with Crippen molar-refractivity contribution in [1.82, 2.24) is 4.90 Å². The molecule has 8 heteroatoms. The van der Waals surface area contributed by atoms with Gasteiger partial charge in [-0.15, -0.1) is 0 Å². The van der Waals surface area contributed by atoms with E-state index in [0.717, 1.165) is 16.9 Å². The van der Waals surface area contributed by atoms with Crippen molar-refractivity contribution in [2.45, 2.75) is 19.5 Å². The van der Waals surface area contributed by atoms with Crippen molar-refractivity contribution in [3.05, 3.63) is 63.2 Å². The number of anilines is 1. The maximum atomic E-state index is 11.8. The molecule has 27 heavy (non-hydrogen) atoms. The number of benzene rings is 2. The number of nitrogens with zero attached hydrogens (tertiary/aromatic N) is 2. The lowest BCUT2D eigenvalue weighted by Crippen LogP contribution is -2.36. The molecule has 3 rings (SSSR count). The standard InChI is InChI=1S/C19H21N3O5/c1-26-15-6-3-13(4-7-15)11-20-17-8-5-14-9-10-21(19(23)27-2)12-16(14)18(17)22(24)25/h3-8,20H,9-12H2,1-2H3. The Balaban J connectivity index is 1.85. The minimum atomic E-state index is -0.480. The van der Waals surface area contributed by atoms with Gasteiger partial charge in [0.25, 0.3) is 5.69 Å². The van der Waals surface area contributed by atoms with E-state index in [4.69, 9.17) is 9.47 Å². The Bertz CT molecular complexity index is 851. The lowest BCUT2D eigenvalue weighted by atomic mass is 9.97. The number of hydrogen-bond acceptors (Lipinski definition) is 6. The van der Waals surface area contributed by atoms with Crippen LogP contribution in [0.15, 0.2) is 36.4 Å². The highest BCUT2D eigenvalue weighted by atomic mass is 16.6. The number of nitro groups is 1. The van der Waals surface area contributed by atoms with Crippen molar-refractivity contribution in [2.24, 2.45) is 0 Å². The van der Waals surface area contributed by atoms with E-state index in [1.54, 1.807) is 13.2 Å². The molecule has 2 aromatic carbocycles.